The molecule has 27 heavy (non-hydrogen) atoms. The second-order valence-corrected chi connectivity index (χ2v) is 7.15. The van der Waals surface area contributed by atoms with Crippen molar-refractivity contribution in [2.45, 2.75) is 37.5 Å². The molecule has 0 aromatic heterocycles. The summed E-state index contributed by atoms with van der Waals surface area (Å²) in [5.41, 5.74) is 0.692. The third kappa shape index (κ3) is 5.92. The Morgan fingerprint density at radius 2 is 2.00 bits per heavy atom. The maximum absolute atomic E-state index is 13.3. The van der Waals surface area contributed by atoms with Crippen LogP contribution < -0.4 is 0 Å². The van der Waals surface area contributed by atoms with Gasteiger partial charge >= 0.3 is 0 Å². The van der Waals surface area contributed by atoms with Gasteiger partial charge in [0.1, 0.15) is 6.67 Å². The van der Waals surface area contributed by atoms with Crippen molar-refractivity contribution in [3.63, 3.8) is 0 Å². The van der Waals surface area contributed by atoms with Gasteiger partial charge in [0.2, 0.25) is 0 Å². The first-order valence-corrected chi connectivity index (χ1v) is 9.07. The van der Waals surface area contributed by atoms with Crippen molar-refractivity contribution in [2.75, 3.05) is 40.0 Å². The summed E-state index contributed by atoms with van der Waals surface area (Å²) in [6.45, 7) is 2.91. The van der Waals surface area contributed by atoms with Crippen LogP contribution in [0.25, 0.3) is 0 Å². The molecule has 2 heterocycles. The lowest BCUT2D eigenvalue weighted by atomic mass is 9.87. The Morgan fingerprint density at radius 1 is 1.33 bits per heavy atom. The number of benzene rings is 1. The fourth-order valence-corrected chi connectivity index (χ4v) is 3.78. The maximum Gasteiger partial charge on any atom is 0.290 e. The van der Waals surface area contributed by atoms with Gasteiger partial charge in [-0.2, -0.15) is 0 Å². The van der Waals surface area contributed by atoms with Crippen molar-refractivity contribution in [3.05, 3.63) is 35.4 Å². The molecule has 1 spiro atoms. The van der Waals surface area contributed by atoms with Gasteiger partial charge in [0.15, 0.2) is 11.6 Å². The predicted octanol–water partition coefficient (Wildman–Crippen LogP) is 2.69. The summed E-state index contributed by atoms with van der Waals surface area (Å²) in [6, 6.07) is 4.38. The lowest BCUT2D eigenvalue weighted by Crippen LogP contribution is -2.44. The first-order valence-electron chi connectivity index (χ1n) is 9.07. The van der Waals surface area contributed by atoms with Crippen molar-refractivity contribution in [2.24, 2.45) is 0 Å². The van der Waals surface area contributed by atoms with Crippen LogP contribution in [0.3, 0.4) is 0 Å². The Hall–Kier alpha value is -1.64. The zero-order valence-corrected chi connectivity index (χ0v) is 15.5. The van der Waals surface area contributed by atoms with Crippen LogP contribution in [0.15, 0.2) is 18.2 Å². The van der Waals surface area contributed by atoms with E-state index in [0.29, 0.717) is 25.7 Å². The number of carbonyl (C=O) groups is 1. The molecule has 2 saturated heterocycles. The molecule has 2 aliphatic rings. The smallest absolute Gasteiger partial charge is 0.290 e. The third-order valence-electron chi connectivity index (χ3n) is 5.41. The zero-order valence-electron chi connectivity index (χ0n) is 15.5. The second-order valence-electron chi connectivity index (χ2n) is 7.15. The summed E-state index contributed by atoms with van der Waals surface area (Å²) in [4.78, 5) is 12.7. The molecular formula is C19H27F3N2O3. The highest BCUT2D eigenvalue weighted by atomic mass is 19.2. The van der Waals surface area contributed by atoms with Crippen LogP contribution in [0.2, 0.25) is 0 Å². The van der Waals surface area contributed by atoms with E-state index in [0.717, 1.165) is 37.9 Å². The Labute approximate surface area is 157 Å². The normalized spacial score (nSPS) is 21.9. The van der Waals surface area contributed by atoms with Gasteiger partial charge in [-0.25, -0.2) is 13.2 Å². The average Bonchev–Trinajstić information content (AvgIpc) is 3.05. The average molecular weight is 388 g/mol. The molecule has 5 nitrogen and oxygen atoms in total. The second kappa shape index (κ2) is 10.1. The van der Waals surface area contributed by atoms with Crippen LogP contribution >= 0.6 is 0 Å². The lowest BCUT2D eigenvalue weighted by Gasteiger charge is -2.39. The van der Waals surface area contributed by atoms with E-state index in [1.165, 1.54) is 12.1 Å². The Balaban J connectivity index is 0.000000817. The molecule has 0 amide bonds. The van der Waals surface area contributed by atoms with Gasteiger partial charge in [0.25, 0.3) is 6.47 Å². The summed E-state index contributed by atoms with van der Waals surface area (Å²) in [7, 11) is 1.95. The van der Waals surface area contributed by atoms with E-state index in [2.05, 4.69) is 4.90 Å². The summed E-state index contributed by atoms with van der Waals surface area (Å²) in [6.07, 6.45) is 2.80. The van der Waals surface area contributed by atoms with E-state index in [1.54, 1.807) is 6.07 Å². The fourth-order valence-electron chi connectivity index (χ4n) is 3.78. The van der Waals surface area contributed by atoms with Crippen molar-refractivity contribution in [1.29, 1.82) is 0 Å². The van der Waals surface area contributed by atoms with Gasteiger partial charge in [-0.3, -0.25) is 14.6 Å². The molecule has 1 aromatic carbocycles. The first-order chi connectivity index (χ1) is 12.9. The third-order valence-corrected chi connectivity index (χ3v) is 5.41. The highest BCUT2D eigenvalue weighted by molar-refractivity contribution is 5.32. The predicted molar refractivity (Wildman–Crippen MR) is 95.3 cm³/mol. The zero-order chi connectivity index (χ0) is 19.9. The van der Waals surface area contributed by atoms with Crippen LogP contribution in [0.4, 0.5) is 13.2 Å². The standard InChI is InChI=1S/C18H25F3N2O.CH2O2/c1-22(9-6-19)15-11-18(24-13-15)4-7-23(8-5-18)12-14-2-3-16(20)17(21)10-14;2-1-3/h2-3,10,15H,4-9,11-13H2,1H3;1H,(H,2,3). The number of piperidine rings is 1. The molecular weight excluding hydrogens is 361 g/mol. The van der Waals surface area contributed by atoms with Crippen molar-refractivity contribution < 1.29 is 27.8 Å². The molecule has 2 aliphatic heterocycles. The summed E-state index contributed by atoms with van der Waals surface area (Å²) >= 11 is 0. The number of rotatable bonds is 5. The van der Waals surface area contributed by atoms with Crippen LogP contribution in [0.5, 0.6) is 0 Å². The maximum atomic E-state index is 13.3. The molecule has 0 saturated carbocycles. The molecule has 0 radical (unpaired) electrons. The van der Waals surface area contributed by atoms with Crippen molar-refractivity contribution in [3.8, 4) is 0 Å². The van der Waals surface area contributed by atoms with Crippen LogP contribution in [0.1, 0.15) is 24.8 Å². The van der Waals surface area contributed by atoms with Gasteiger partial charge in [-0.05, 0) is 44.0 Å². The minimum atomic E-state index is -0.806. The van der Waals surface area contributed by atoms with Gasteiger partial charge in [0, 0.05) is 32.2 Å². The van der Waals surface area contributed by atoms with Gasteiger partial charge in [-0.1, -0.05) is 6.07 Å². The Kier molecular flexibility index (Phi) is 8.07. The molecule has 0 bridgehead atoms. The minimum Gasteiger partial charge on any atom is -0.483 e. The molecule has 1 atom stereocenters. The number of alkyl halides is 1. The highest BCUT2D eigenvalue weighted by Crippen LogP contribution is 2.37. The number of likely N-dealkylation sites (N-methyl/N-ethyl adjacent to an activating group) is 1. The van der Waals surface area contributed by atoms with Gasteiger partial charge < -0.3 is 9.84 Å². The largest absolute Gasteiger partial charge is 0.483 e. The summed E-state index contributed by atoms with van der Waals surface area (Å²) in [5.74, 6) is -1.60. The highest BCUT2D eigenvalue weighted by Gasteiger charge is 2.43. The van der Waals surface area contributed by atoms with Crippen LogP contribution in [-0.2, 0) is 16.1 Å². The summed E-state index contributed by atoms with van der Waals surface area (Å²) in [5, 5.41) is 6.89. The molecule has 1 aromatic rings. The van der Waals surface area contributed by atoms with Gasteiger partial charge in [0.05, 0.1) is 12.2 Å². The Bertz CT molecular complexity index is 610. The minimum absolute atomic E-state index is 0.0974. The van der Waals surface area contributed by atoms with E-state index in [1.807, 2.05) is 11.9 Å². The fraction of sp³-hybridized carbons (Fsp3) is 0.632. The monoisotopic (exact) mass is 388 g/mol. The SMILES string of the molecule is CN(CCF)C1COC2(CCN(Cc3ccc(F)c(F)c3)CC2)C1.O=CO. The molecule has 8 heteroatoms. The molecule has 1 N–H and O–H groups in total. The van der Waals surface area contributed by atoms with Crippen molar-refractivity contribution in [1.82, 2.24) is 9.80 Å². The molecule has 2 fully saturated rings. The number of nitrogens with zero attached hydrogens (tertiary/aromatic N) is 2. The molecule has 1 unspecified atom stereocenters. The molecule has 3 rings (SSSR count). The number of ether oxygens (including phenoxy) is 1. The van der Waals surface area contributed by atoms with Crippen molar-refractivity contribution >= 4 is 6.47 Å². The topological polar surface area (TPSA) is 53.0 Å². The lowest BCUT2D eigenvalue weighted by molar-refractivity contribution is -0.122. The number of carboxylic acid groups (broad SMARTS) is 1. The quantitative estimate of drug-likeness (QED) is 0.786. The van der Waals surface area contributed by atoms with Gasteiger partial charge in [-0.15, -0.1) is 0 Å². The Morgan fingerprint density at radius 3 is 2.59 bits per heavy atom. The first kappa shape index (κ1) is 21.7. The molecule has 0 aliphatic carbocycles. The van der Waals surface area contributed by atoms with E-state index in [4.69, 9.17) is 14.6 Å². The molecule has 152 valence electrons. The summed E-state index contributed by atoms with van der Waals surface area (Å²) < 4.78 is 44.9. The van der Waals surface area contributed by atoms with E-state index in [9.17, 15) is 13.2 Å². The van der Waals surface area contributed by atoms with E-state index >= 15 is 0 Å². The number of halogens is 3. The van der Waals surface area contributed by atoms with E-state index in [-0.39, 0.29) is 18.7 Å². The van der Waals surface area contributed by atoms with Crippen LogP contribution in [-0.4, -0.2) is 73.0 Å². The van der Waals surface area contributed by atoms with Crippen LogP contribution in [0, 0.1) is 11.6 Å². The number of likely N-dealkylation sites (tertiary alicyclic amines) is 1. The number of hydrogen-bond acceptors (Lipinski definition) is 4. The number of hydrogen-bond donors (Lipinski definition) is 1. The van der Waals surface area contributed by atoms with E-state index < -0.39 is 11.6 Å².